The van der Waals surface area contributed by atoms with E-state index in [1.54, 1.807) is 72.8 Å². The van der Waals surface area contributed by atoms with E-state index in [0.717, 1.165) is 5.56 Å². The first kappa shape index (κ1) is 25.1. The monoisotopic (exact) mass is 498 g/mol. The second-order valence-corrected chi connectivity index (χ2v) is 11.5. The van der Waals surface area contributed by atoms with E-state index in [-0.39, 0.29) is 16.2 Å². The Kier molecular flexibility index (Phi) is 6.91. The van der Waals surface area contributed by atoms with Crippen molar-refractivity contribution in [1.29, 1.82) is 0 Å². The highest BCUT2D eigenvalue weighted by Gasteiger charge is 2.43. The number of benzene rings is 4. The van der Waals surface area contributed by atoms with Crippen LogP contribution in [0.15, 0.2) is 108 Å². The van der Waals surface area contributed by atoms with E-state index < -0.39 is 20.4 Å². The van der Waals surface area contributed by atoms with Gasteiger partial charge < -0.3 is 4.74 Å². The fraction of sp³-hybridized carbons (Fsp3) is 0.133. The van der Waals surface area contributed by atoms with Crippen LogP contribution in [0.1, 0.15) is 45.7 Å². The number of sulfone groups is 1. The van der Waals surface area contributed by atoms with Crippen LogP contribution < -0.4 is 4.74 Å². The highest BCUT2D eigenvalue weighted by molar-refractivity contribution is 7.93. The third kappa shape index (κ3) is 4.99. The third-order valence-electron chi connectivity index (χ3n) is 6.05. The van der Waals surface area contributed by atoms with Gasteiger partial charge in [0.2, 0.25) is 0 Å². The molecule has 0 aromatic heterocycles. The van der Waals surface area contributed by atoms with Gasteiger partial charge in [-0.25, -0.2) is 8.42 Å². The summed E-state index contributed by atoms with van der Waals surface area (Å²) in [5.41, 5.74) is 2.36. The molecular weight excluding hydrogens is 472 g/mol. The fourth-order valence-electron chi connectivity index (χ4n) is 3.72. The van der Waals surface area contributed by atoms with Gasteiger partial charge in [0.1, 0.15) is 16.2 Å². The van der Waals surface area contributed by atoms with Crippen LogP contribution in [0.25, 0.3) is 0 Å². The summed E-state index contributed by atoms with van der Waals surface area (Å²) in [5.74, 6) is 0.431. The number of ether oxygens (including phenoxy) is 1. The zero-order chi connectivity index (χ0) is 25.9. The van der Waals surface area contributed by atoms with Crippen LogP contribution >= 0.6 is 0 Å². The number of carbonyl (C=O) groups is 2. The van der Waals surface area contributed by atoms with Gasteiger partial charge in [-0.1, -0.05) is 48.0 Å². The summed E-state index contributed by atoms with van der Waals surface area (Å²) in [6.45, 7) is 4.72. The molecule has 4 aromatic carbocycles. The van der Waals surface area contributed by atoms with Crippen molar-refractivity contribution < 1.29 is 22.7 Å². The summed E-state index contributed by atoms with van der Waals surface area (Å²) >= 11 is 0. The van der Waals surface area contributed by atoms with Gasteiger partial charge in [-0.05, 0) is 81.4 Å². The van der Waals surface area contributed by atoms with E-state index in [0.29, 0.717) is 22.6 Å². The van der Waals surface area contributed by atoms with Crippen LogP contribution in [-0.2, 0) is 9.84 Å². The molecule has 0 saturated heterocycles. The molecule has 0 bridgehead atoms. The first-order valence-electron chi connectivity index (χ1n) is 11.4. The quantitative estimate of drug-likeness (QED) is 0.261. The average molecular weight is 499 g/mol. The van der Waals surface area contributed by atoms with Gasteiger partial charge >= 0.3 is 0 Å². The van der Waals surface area contributed by atoms with Crippen molar-refractivity contribution in [3.63, 3.8) is 0 Å². The Bertz CT molecular complexity index is 1480. The lowest BCUT2D eigenvalue weighted by atomic mass is 10.0. The Morgan fingerprint density at radius 2 is 1.11 bits per heavy atom. The largest absolute Gasteiger partial charge is 0.457 e. The van der Waals surface area contributed by atoms with Gasteiger partial charge in [-0.15, -0.1) is 0 Å². The average Bonchev–Trinajstić information content (AvgIpc) is 2.89. The van der Waals surface area contributed by atoms with Gasteiger partial charge in [0, 0.05) is 16.7 Å². The normalized spacial score (nSPS) is 11.6. The molecule has 0 aliphatic carbocycles. The lowest BCUT2D eigenvalue weighted by Gasteiger charge is -2.23. The van der Waals surface area contributed by atoms with Crippen LogP contribution in [0.5, 0.6) is 11.5 Å². The summed E-state index contributed by atoms with van der Waals surface area (Å²) in [6, 6.07) is 28.6. The van der Waals surface area contributed by atoms with Crippen molar-refractivity contribution >= 4 is 21.4 Å². The topological polar surface area (TPSA) is 77.5 Å². The predicted octanol–water partition coefficient (Wildman–Crippen LogP) is 6.45. The first-order chi connectivity index (χ1) is 17.1. The molecule has 0 heterocycles. The standard InChI is InChI=1S/C30H26O5S/c1-21-9-19-27(20-10-21)36(33,34)30(2,3)29(32)24-13-17-26(18-14-24)35-25-15-11-23(12-16-25)28(31)22-7-5-4-6-8-22/h4-20H,1-3H3. The van der Waals surface area contributed by atoms with Crippen molar-refractivity contribution in [2.24, 2.45) is 0 Å². The molecule has 4 rings (SSSR count). The summed E-state index contributed by atoms with van der Waals surface area (Å²) in [5, 5.41) is 0. The molecule has 0 amide bonds. The summed E-state index contributed by atoms with van der Waals surface area (Å²) < 4.78 is 30.6. The van der Waals surface area contributed by atoms with Gasteiger partial charge in [0.25, 0.3) is 0 Å². The summed E-state index contributed by atoms with van der Waals surface area (Å²) in [7, 11) is -3.90. The molecule has 6 heteroatoms. The number of ketones is 2. The van der Waals surface area contributed by atoms with Gasteiger partial charge in [-0.3, -0.25) is 9.59 Å². The molecule has 4 aromatic rings. The Morgan fingerprint density at radius 1 is 0.639 bits per heavy atom. The zero-order valence-electron chi connectivity index (χ0n) is 20.3. The van der Waals surface area contributed by atoms with Crippen molar-refractivity contribution in [3.8, 4) is 11.5 Å². The lowest BCUT2D eigenvalue weighted by molar-refractivity contribution is 0.0953. The molecular formula is C30H26O5S. The van der Waals surface area contributed by atoms with Gasteiger partial charge in [0.15, 0.2) is 21.4 Å². The first-order valence-corrected chi connectivity index (χ1v) is 12.9. The highest BCUT2D eigenvalue weighted by Crippen LogP contribution is 2.30. The number of aryl methyl sites for hydroxylation is 1. The third-order valence-corrected chi connectivity index (χ3v) is 8.48. The second-order valence-electron chi connectivity index (χ2n) is 9.00. The number of hydrogen-bond donors (Lipinski definition) is 0. The molecule has 0 radical (unpaired) electrons. The minimum atomic E-state index is -3.90. The lowest BCUT2D eigenvalue weighted by Crippen LogP contribution is -2.40. The number of rotatable bonds is 8. The minimum Gasteiger partial charge on any atom is -0.457 e. The van der Waals surface area contributed by atoms with Crippen molar-refractivity contribution in [2.75, 3.05) is 0 Å². The van der Waals surface area contributed by atoms with Crippen molar-refractivity contribution in [2.45, 2.75) is 30.4 Å². The van der Waals surface area contributed by atoms with Crippen molar-refractivity contribution in [3.05, 3.63) is 125 Å². The molecule has 0 fully saturated rings. The van der Waals surface area contributed by atoms with Gasteiger partial charge in [-0.2, -0.15) is 0 Å². The predicted molar refractivity (Wildman–Crippen MR) is 140 cm³/mol. The molecule has 0 saturated carbocycles. The molecule has 182 valence electrons. The Labute approximate surface area is 211 Å². The molecule has 5 nitrogen and oxygen atoms in total. The maximum atomic E-state index is 13.2. The molecule has 36 heavy (non-hydrogen) atoms. The number of carbonyl (C=O) groups excluding carboxylic acids is 2. The van der Waals surface area contributed by atoms with E-state index >= 15 is 0 Å². The maximum absolute atomic E-state index is 13.2. The summed E-state index contributed by atoms with van der Waals surface area (Å²) in [4.78, 5) is 25.9. The second kappa shape index (κ2) is 9.91. The highest BCUT2D eigenvalue weighted by atomic mass is 32.2. The number of hydrogen-bond acceptors (Lipinski definition) is 5. The zero-order valence-corrected chi connectivity index (χ0v) is 21.1. The van der Waals surface area contributed by atoms with E-state index in [2.05, 4.69) is 0 Å². The van der Waals surface area contributed by atoms with E-state index in [9.17, 15) is 18.0 Å². The van der Waals surface area contributed by atoms with E-state index in [1.807, 2.05) is 25.1 Å². The molecule has 0 spiro atoms. The maximum Gasteiger partial charge on any atom is 0.193 e. The molecule has 0 N–H and O–H groups in total. The van der Waals surface area contributed by atoms with Crippen LogP contribution in [-0.4, -0.2) is 24.7 Å². The molecule has 0 aliphatic rings. The number of Topliss-reactive ketones (excluding diaryl/α,β-unsaturated/α-hetero) is 1. The minimum absolute atomic E-state index is 0.0757. The molecule has 0 unspecified atom stereocenters. The Balaban J connectivity index is 1.47. The Morgan fingerprint density at radius 3 is 1.64 bits per heavy atom. The van der Waals surface area contributed by atoms with Crippen LogP contribution in [0.3, 0.4) is 0 Å². The molecule has 0 aliphatic heterocycles. The van der Waals surface area contributed by atoms with Crippen LogP contribution in [0.2, 0.25) is 0 Å². The van der Waals surface area contributed by atoms with Crippen molar-refractivity contribution in [1.82, 2.24) is 0 Å². The smallest absolute Gasteiger partial charge is 0.193 e. The van der Waals surface area contributed by atoms with E-state index in [4.69, 9.17) is 4.74 Å². The summed E-state index contributed by atoms with van der Waals surface area (Å²) in [6.07, 6.45) is 0. The van der Waals surface area contributed by atoms with Gasteiger partial charge in [0.05, 0.1) is 4.90 Å². The Hall–Kier alpha value is -4.03. The van der Waals surface area contributed by atoms with Crippen LogP contribution in [0.4, 0.5) is 0 Å². The molecule has 0 atom stereocenters. The fourth-order valence-corrected chi connectivity index (χ4v) is 5.17. The SMILES string of the molecule is Cc1ccc(S(=O)(=O)C(C)(C)C(=O)c2ccc(Oc3ccc(C(=O)c4ccccc4)cc3)cc2)cc1. The van der Waals surface area contributed by atoms with Crippen LogP contribution in [0, 0.1) is 6.92 Å². The van der Waals surface area contributed by atoms with E-state index in [1.165, 1.54) is 26.0 Å².